The van der Waals surface area contributed by atoms with Crippen molar-refractivity contribution in [2.45, 2.75) is 71.8 Å². The topological polar surface area (TPSA) is 181 Å². The van der Waals surface area contributed by atoms with E-state index < -0.39 is 58.0 Å². The van der Waals surface area contributed by atoms with Gasteiger partial charge in [0, 0.05) is 30.6 Å². The predicted octanol–water partition coefficient (Wildman–Crippen LogP) is 4.19. The highest BCUT2D eigenvalue weighted by Crippen LogP contribution is 2.45. The molecule has 2 atom stereocenters. The molecule has 13 nitrogen and oxygen atoms in total. The van der Waals surface area contributed by atoms with Crippen LogP contribution < -0.4 is 24.8 Å². The largest absolute Gasteiger partial charge is 0.487 e. The van der Waals surface area contributed by atoms with Crippen LogP contribution in [0.5, 0.6) is 5.75 Å². The summed E-state index contributed by atoms with van der Waals surface area (Å²) in [6.45, 7) is 7.95. The van der Waals surface area contributed by atoms with E-state index in [1.165, 1.54) is 11.0 Å². The van der Waals surface area contributed by atoms with Gasteiger partial charge in [-0.3, -0.25) is 9.69 Å². The Bertz CT molecular complexity index is 1480. The molecular weight excluding hydrogens is 585 g/mol. The van der Waals surface area contributed by atoms with Crippen LogP contribution in [-0.2, 0) is 32.8 Å². The van der Waals surface area contributed by atoms with Gasteiger partial charge in [-0.2, -0.15) is 8.42 Å². The Labute approximate surface area is 250 Å². The molecule has 2 aromatic carbocycles. The molecule has 2 aliphatic rings. The van der Waals surface area contributed by atoms with Gasteiger partial charge in [-0.1, -0.05) is 37.3 Å². The first-order valence-electron chi connectivity index (χ1n) is 13.5. The van der Waals surface area contributed by atoms with Crippen molar-refractivity contribution in [1.82, 2.24) is 15.8 Å². The summed E-state index contributed by atoms with van der Waals surface area (Å²) in [7, 11) is -4.43. The molecule has 0 bridgehead atoms. The maximum absolute atomic E-state index is 16.4. The van der Waals surface area contributed by atoms with Crippen molar-refractivity contribution in [2.24, 2.45) is 0 Å². The average molecular weight is 624 g/mol. The Balaban J connectivity index is 0.00000506. The van der Waals surface area contributed by atoms with Crippen LogP contribution >= 0.6 is 0 Å². The molecule has 5 N–H and O–H groups in total. The van der Waals surface area contributed by atoms with Crippen LogP contribution in [-0.4, -0.2) is 67.3 Å². The standard InChI is InChI=1S/C28H35FN4O8S.H3N/c1-6-17(2)31(27(37)41-28(3,4)5)14-19-12-20-21(33(19)26(35)36)13-22(40-16-18-10-8-7-9-11-18)25(24(20)29)32-15-23(34)30-42(32,38)39;/h7-11,13,17,19H,6,12,14-16H2,1-5H3,(H,30,34)(H,35,36);1H3/t17-,19-;/m1./s1. The summed E-state index contributed by atoms with van der Waals surface area (Å²) in [6.07, 6.45) is -1.64. The van der Waals surface area contributed by atoms with Crippen molar-refractivity contribution in [3.8, 4) is 5.75 Å². The number of nitrogens with one attached hydrogen (secondary N) is 1. The number of nitrogens with zero attached hydrogens (tertiary/aromatic N) is 3. The summed E-state index contributed by atoms with van der Waals surface area (Å²) >= 11 is 0. The summed E-state index contributed by atoms with van der Waals surface area (Å²) in [4.78, 5) is 40.0. The summed E-state index contributed by atoms with van der Waals surface area (Å²) in [5.41, 5.74) is -0.724. The average Bonchev–Trinajstić information content (AvgIpc) is 3.40. The smallest absolute Gasteiger partial charge is 0.412 e. The molecular formula is C28H38FN5O8S. The van der Waals surface area contributed by atoms with E-state index >= 15 is 4.39 Å². The number of benzene rings is 2. The minimum Gasteiger partial charge on any atom is -0.487 e. The van der Waals surface area contributed by atoms with Crippen molar-refractivity contribution >= 4 is 39.7 Å². The van der Waals surface area contributed by atoms with E-state index in [1.54, 1.807) is 58.0 Å². The fraction of sp³-hybridized carbons (Fsp3) is 0.464. The quantitative estimate of drug-likeness (QED) is 0.388. The lowest BCUT2D eigenvalue weighted by Gasteiger charge is -2.34. The second-order valence-corrected chi connectivity index (χ2v) is 12.8. The van der Waals surface area contributed by atoms with E-state index in [1.807, 2.05) is 11.6 Å². The van der Waals surface area contributed by atoms with Crippen LogP contribution in [0.4, 0.5) is 25.4 Å². The number of carbonyl (C=O) groups is 3. The second kappa shape index (κ2) is 12.6. The molecule has 2 aromatic rings. The Morgan fingerprint density at radius 3 is 2.42 bits per heavy atom. The minimum atomic E-state index is -4.43. The zero-order valence-corrected chi connectivity index (χ0v) is 25.6. The fourth-order valence-corrected chi connectivity index (χ4v) is 6.07. The molecule has 2 heterocycles. The maximum Gasteiger partial charge on any atom is 0.412 e. The molecule has 0 saturated carbocycles. The molecule has 0 aliphatic carbocycles. The number of amides is 3. The zero-order valence-electron chi connectivity index (χ0n) is 24.8. The van der Waals surface area contributed by atoms with E-state index in [2.05, 4.69) is 0 Å². The summed E-state index contributed by atoms with van der Waals surface area (Å²) in [5, 5.41) is 10.2. The first-order valence-corrected chi connectivity index (χ1v) is 14.9. The van der Waals surface area contributed by atoms with Gasteiger partial charge in [0.05, 0.1) is 11.7 Å². The molecule has 2 aliphatic heterocycles. The fourth-order valence-electron chi connectivity index (χ4n) is 4.91. The normalized spacial score (nSPS) is 17.9. The highest BCUT2D eigenvalue weighted by Gasteiger charge is 2.44. The first-order chi connectivity index (χ1) is 19.6. The second-order valence-electron chi connectivity index (χ2n) is 11.2. The summed E-state index contributed by atoms with van der Waals surface area (Å²) in [5.74, 6) is -2.14. The number of carboxylic acid groups (broad SMARTS) is 1. The van der Waals surface area contributed by atoms with Gasteiger partial charge < -0.3 is 25.6 Å². The number of halogens is 1. The van der Waals surface area contributed by atoms with Gasteiger partial charge >= 0.3 is 22.4 Å². The number of carbonyl (C=O) groups excluding carboxylic acids is 2. The van der Waals surface area contributed by atoms with Gasteiger partial charge in [-0.05, 0) is 39.7 Å². The molecule has 1 fully saturated rings. The Morgan fingerprint density at radius 1 is 1.23 bits per heavy atom. The monoisotopic (exact) mass is 623 g/mol. The highest BCUT2D eigenvalue weighted by atomic mass is 32.2. The van der Waals surface area contributed by atoms with Crippen molar-refractivity contribution in [1.29, 1.82) is 0 Å². The number of anilines is 2. The van der Waals surface area contributed by atoms with Crippen LogP contribution in [0.25, 0.3) is 0 Å². The maximum atomic E-state index is 16.4. The van der Waals surface area contributed by atoms with Crippen molar-refractivity contribution in [2.75, 3.05) is 22.3 Å². The summed E-state index contributed by atoms with van der Waals surface area (Å²) in [6, 6.07) is 8.85. The molecule has 0 spiro atoms. The third kappa shape index (κ3) is 7.10. The Morgan fingerprint density at radius 2 is 1.88 bits per heavy atom. The van der Waals surface area contributed by atoms with Gasteiger partial charge in [0.25, 0.3) is 5.91 Å². The zero-order chi connectivity index (χ0) is 31.0. The summed E-state index contributed by atoms with van der Waals surface area (Å²) < 4.78 is 55.7. The number of fused-ring (bicyclic) bond motifs is 1. The van der Waals surface area contributed by atoms with Crippen molar-refractivity contribution in [3.05, 3.63) is 53.3 Å². The molecule has 0 aromatic heterocycles. The van der Waals surface area contributed by atoms with E-state index in [-0.39, 0.29) is 48.8 Å². The van der Waals surface area contributed by atoms with Crippen molar-refractivity contribution < 1.29 is 41.8 Å². The predicted molar refractivity (Wildman–Crippen MR) is 157 cm³/mol. The van der Waals surface area contributed by atoms with E-state index in [9.17, 15) is 27.9 Å². The first kappa shape index (κ1) is 33.4. The minimum absolute atomic E-state index is 0. The van der Waals surface area contributed by atoms with Crippen LogP contribution in [0.2, 0.25) is 0 Å². The van der Waals surface area contributed by atoms with Gasteiger partial charge in [-0.25, -0.2) is 23.0 Å². The number of hydrogen-bond acceptors (Lipinski definition) is 8. The number of hydrogen-bond donors (Lipinski definition) is 3. The van der Waals surface area contributed by atoms with E-state index in [0.29, 0.717) is 16.3 Å². The van der Waals surface area contributed by atoms with Gasteiger partial charge in [0.15, 0.2) is 5.82 Å². The van der Waals surface area contributed by atoms with E-state index in [4.69, 9.17) is 9.47 Å². The van der Waals surface area contributed by atoms with Gasteiger partial charge in [0.2, 0.25) is 0 Å². The van der Waals surface area contributed by atoms with Crippen LogP contribution in [0.3, 0.4) is 0 Å². The lowest BCUT2D eigenvalue weighted by atomic mass is 10.1. The molecule has 3 amide bonds. The lowest BCUT2D eigenvalue weighted by molar-refractivity contribution is -0.117. The highest BCUT2D eigenvalue weighted by molar-refractivity contribution is 7.92. The van der Waals surface area contributed by atoms with Gasteiger partial charge in [0.1, 0.15) is 30.2 Å². The van der Waals surface area contributed by atoms with Crippen molar-refractivity contribution in [3.63, 3.8) is 0 Å². The van der Waals surface area contributed by atoms with Crippen LogP contribution in [0, 0.1) is 5.82 Å². The van der Waals surface area contributed by atoms with Crippen LogP contribution in [0.1, 0.15) is 52.2 Å². The molecule has 15 heteroatoms. The van der Waals surface area contributed by atoms with Gasteiger partial charge in [-0.15, -0.1) is 0 Å². The molecule has 43 heavy (non-hydrogen) atoms. The molecule has 0 unspecified atom stereocenters. The molecule has 1 saturated heterocycles. The third-order valence-corrected chi connectivity index (χ3v) is 8.40. The number of rotatable bonds is 8. The molecule has 4 rings (SSSR count). The van der Waals surface area contributed by atoms with Crippen LogP contribution in [0.15, 0.2) is 36.4 Å². The number of ether oxygens (including phenoxy) is 2. The molecule has 0 radical (unpaired) electrons. The lowest BCUT2D eigenvalue weighted by Crippen LogP contribution is -2.50. The SMILES string of the molecule is CC[C@@H](C)N(C[C@H]1Cc2c(cc(OCc3ccccc3)c(N3CC(=O)NS3(=O)=O)c2F)N1C(=O)O)C(=O)OC(C)(C)C.N. The third-order valence-electron chi connectivity index (χ3n) is 7.02. The Hall–Kier alpha value is -4.11. The molecule has 236 valence electrons. The Kier molecular flexibility index (Phi) is 9.81. The van der Waals surface area contributed by atoms with E-state index in [0.717, 1.165) is 4.90 Å².